The van der Waals surface area contributed by atoms with Gasteiger partial charge in [-0.2, -0.15) is 0 Å². The third-order valence-corrected chi connectivity index (χ3v) is 3.14. The summed E-state index contributed by atoms with van der Waals surface area (Å²) in [5, 5.41) is 8.80. The molecule has 0 bridgehead atoms. The quantitative estimate of drug-likeness (QED) is 0.875. The topological polar surface area (TPSA) is 72.5 Å². The number of hydrogen-bond donors (Lipinski definition) is 2. The van der Waals surface area contributed by atoms with Gasteiger partial charge in [-0.1, -0.05) is 42.5 Å². The lowest BCUT2D eigenvalue weighted by molar-refractivity contribution is -0.138. The van der Waals surface area contributed by atoms with Gasteiger partial charge in [-0.15, -0.1) is 0 Å². The van der Waals surface area contributed by atoms with Gasteiger partial charge in [-0.05, 0) is 23.6 Å². The number of nitrogens with two attached hydrogens (primary N) is 1. The van der Waals surface area contributed by atoms with E-state index in [1.54, 1.807) is 7.11 Å². The third-order valence-electron chi connectivity index (χ3n) is 3.14. The minimum atomic E-state index is -0.987. The van der Waals surface area contributed by atoms with Crippen molar-refractivity contribution in [3.63, 3.8) is 0 Å². The second-order valence-corrected chi connectivity index (χ2v) is 4.55. The first-order chi connectivity index (χ1) is 9.61. The second kappa shape index (κ2) is 6.21. The zero-order valence-corrected chi connectivity index (χ0v) is 11.2. The lowest BCUT2D eigenvalue weighted by Crippen LogP contribution is -2.32. The van der Waals surface area contributed by atoms with E-state index in [9.17, 15) is 4.79 Å². The Labute approximate surface area is 117 Å². The van der Waals surface area contributed by atoms with Crippen LogP contribution in [0.1, 0.15) is 5.56 Å². The molecule has 0 heterocycles. The van der Waals surface area contributed by atoms with Crippen LogP contribution in [0.2, 0.25) is 0 Å². The molecule has 2 aromatic rings. The Kier molecular flexibility index (Phi) is 4.38. The van der Waals surface area contributed by atoms with Crippen molar-refractivity contribution >= 4 is 5.97 Å². The number of carboxylic acid groups (broad SMARTS) is 1. The molecule has 0 fully saturated rings. The second-order valence-electron chi connectivity index (χ2n) is 4.55. The predicted octanol–water partition coefficient (Wildman–Crippen LogP) is 2.32. The first-order valence-electron chi connectivity index (χ1n) is 6.32. The number of carbonyl (C=O) groups is 1. The molecule has 0 radical (unpaired) electrons. The van der Waals surface area contributed by atoms with Gasteiger partial charge in [0.2, 0.25) is 0 Å². The van der Waals surface area contributed by atoms with Crippen molar-refractivity contribution in [2.24, 2.45) is 5.73 Å². The van der Waals surface area contributed by atoms with E-state index in [4.69, 9.17) is 15.6 Å². The first kappa shape index (κ1) is 14.1. The summed E-state index contributed by atoms with van der Waals surface area (Å²) in [6, 6.07) is 14.6. The van der Waals surface area contributed by atoms with Crippen molar-refractivity contribution in [1.82, 2.24) is 0 Å². The molecule has 0 saturated carbocycles. The third kappa shape index (κ3) is 3.16. The highest BCUT2D eigenvalue weighted by molar-refractivity contribution is 5.74. The van der Waals surface area contributed by atoms with Crippen molar-refractivity contribution in [2.75, 3.05) is 7.11 Å². The van der Waals surface area contributed by atoms with E-state index in [1.807, 2.05) is 48.5 Å². The minimum absolute atomic E-state index is 0.321. The summed E-state index contributed by atoms with van der Waals surface area (Å²) in [4.78, 5) is 10.7. The van der Waals surface area contributed by atoms with Gasteiger partial charge in [0.1, 0.15) is 11.8 Å². The molecule has 1 atom stereocenters. The normalized spacial score (nSPS) is 11.9. The Balaban J connectivity index is 2.22. The van der Waals surface area contributed by atoms with E-state index in [0.29, 0.717) is 6.42 Å². The fourth-order valence-corrected chi connectivity index (χ4v) is 2.04. The maximum Gasteiger partial charge on any atom is 0.320 e. The maximum absolute atomic E-state index is 10.7. The zero-order chi connectivity index (χ0) is 14.5. The zero-order valence-electron chi connectivity index (χ0n) is 11.2. The molecule has 0 aromatic heterocycles. The van der Waals surface area contributed by atoms with Crippen LogP contribution in [-0.4, -0.2) is 24.2 Å². The summed E-state index contributed by atoms with van der Waals surface area (Å²) >= 11 is 0. The fraction of sp³-hybridized carbons (Fsp3) is 0.188. The number of ether oxygens (including phenoxy) is 1. The van der Waals surface area contributed by atoms with Gasteiger partial charge in [0.05, 0.1) is 7.11 Å². The van der Waals surface area contributed by atoms with E-state index in [0.717, 1.165) is 22.4 Å². The molecule has 0 aliphatic heterocycles. The van der Waals surface area contributed by atoms with Crippen LogP contribution >= 0.6 is 0 Å². The average molecular weight is 271 g/mol. The number of hydrogen-bond acceptors (Lipinski definition) is 3. The van der Waals surface area contributed by atoms with E-state index < -0.39 is 12.0 Å². The van der Waals surface area contributed by atoms with Crippen LogP contribution in [0.5, 0.6) is 5.75 Å². The van der Waals surface area contributed by atoms with Gasteiger partial charge in [-0.3, -0.25) is 4.79 Å². The van der Waals surface area contributed by atoms with Crippen LogP contribution in [0.25, 0.3) is 11.1 Å². The summed E-state index contributed by atoms with van der Waals surface area (Å²) in [5.74, 6) is -0.179. The van der Waals surface area contributed by atoms with Crippen LogP contribution in [-0.2, 0) is 11.2 Å². The Morgan fingerprint density at radius 2 is 1.85 bits per heavy atom. The molecule has 20 heavy (non-hydrogen) atoms. The van der Waals surface area contributed by atoms with Crippen molar-refractivity contribution in [3.05, 3.63) is 54.1 Å². The molecule has 104 valence electrons. The Bertz CT molecular complexity index is 593. The predicted molar refractivity (Wildman–Crippen MR) is 77.7 cm³/mol. The van der Waals surface area contributed by atoms with Crippen LogP contribution in [0.3, 0.4) is 0 Å². The van der Waals surface area contributed by atoms with Crippen molar-refractivity contribution in [3.8, 4) is 16.9 Å². The number of rotatable bonds is 5. The van der Waals surface area contributed by atoms with Crippen LogP contribution in [0.4, 0.5) is 0 Å². The molecule has 2 aromatic carbocycles. The maximum atomic E-state index is 10.7. The molecule has 0 aliphatic carbocycles. The lowest BCUT2D eigenvalue weighted by atomic mass is 10.0. The average Bonchev–Trinajstić information content (AvgIpc) is 2.48. The van der Waals surface area contributed by atoms with Crippen LogP contribution < -0.4 is 10.5 Å². The number of methoxy groups -OCH3 is 1. The fourth-order valence-electron chi connectivity index (χ4n) is 2.04. The number of aliphatic carboxylic acids is 1. The van der Waals surface area contributed by atoms with E-state index in [2.05, 4.69) is 0 Å². The molecule has 4 heteroatoms. The largest absolute Gasteiger partial charge is 0.496 e. The van der Waals surface area contributed by atoms with E-state index >= 15 is 0 Å². The van der Waals surface area contributed by atoms with Crippen LogP contribution in [0, 0.1) is 0 Å². The summed E-state index contributed by atoms with van der Waals surface area (Å²) in [6.07, 6.45) is 0.321. The SMILES string of the molecule is COc1ccccc1-c1ccc(C[C@H](N)C(=O)O)cc1. The molecule has 0 saturated heterocycles. The lowest BCUT2D eigenvalue weighted by Gasteiger charge is -2.10. The van der Waals surface area contributed by atoms with E-state index in [-0.39, 0.29) is 0 Å². The molecule has 0 spiro atoms. The van der Waals surface area contributed by atoms with Crippen molar-refractivity contribution in [2.45, 2.75) is 12.5 Å². The minimum Gasteiger partial charge on any atom is -0.496 e. The molecular formula is C16H17NO3. The molecule has 0 aliphatic rings. The summed E-state index contributed by atoms with van der Waals surface area (Å²) < 4.78 is 5.33. The molecule has 0 unspecified atom stereocenters. The first-order valence-corrected chi connectivity index (χ1v) is 6.32. The number of benzene rings is 2. The van der Waals surface area contributed by atoms with Gasteiger partial charge < -0.3 is 15.6 Å². The van der Waals surface area contributed by atoms with Gasteiger partial charge >= 0.3 is 5.97 Å². The van der Waals surface area contributed by atoms with Gasteiger partial charge in [0, 0.05) is 5.56 Å². The molecule has 4 nitrogen and oxygen atoms in total. The summed E-state index contributed by atoms with van der Waals surface area (Å²) in [6.45, 7) is 0. The van der Waals surface area contributed by atoms with E-state index in [1.165, 1.54) is 0 Å². The highest BCUT2D eigenvalue weighted by atomic mass is 16.5. The highest BCUT2D eigenvalue weighted by Gasteiger charge is 2.12. The molecule has 2 rings (SSSR count). The highest BCUT2D eigenvalue weighted by Crippen LogP contribution is 2.29. The number of carboxylic acids is 1. The number of para-hydroxylation sites is 1. The summed E-state index contributed by atoms with van der Waals surface area (Å²) in [7, 11) is 1.64. The smallest absolute Gasteiger partial charge is 0.320 e. The molecule has 0 amide bonds. The molecule has 3 N–H and O–H groups in total. The van der Waals surface area contributed by atoms with Gasteiger partial charge in [-0.25, -0.2) is 0 Å². The molecular weight excluding hydrogens is 254 g/mol. The standard InChI is InChI=1S/C16H17NO3/c1-20-15-5-3-2-4-13(15)12-8-6-11(7-9-12)10-14(17)16(18)19/h2-9,14H,10,17H2,1H3,(H,18,19)/t14-/m0/s1. The Morgan fingerprint density at radius 3 is 2.45 bits per heavy atom. The summed E-state index contributed by atoms with van der Waals surface area (Å²) in [5.41, 5.74) is 8.45. The van der Waals surface area contributed by atoms with Gasteiger partial charge in [0.25, 0.3) is 0 Å². The Hall–Kier alpha value is -2.33. The Morgan fingerprint density at radius 1 is 1.20 bits per heavy atom. The van der Waals surface area contributed by atoms with Crippen molar-refractivity contribution < 1.29 is 14.6 Å². The van der Waals surface area contributed by atoms with Crippen molar-refractivity contribution in [1.29, 1.82) is 0 Å². The van der Waals surface area contributed by atoms with Gasteiger partial charge in [0.15, 0.2) is 0 Å². The monoisotopic (exact) mass is 271 g/mol. The van der Waals surface area contributed by atoms with Crippen LogP contribution in [0.15, 0.2) is 48.5 Å².